The SMILES string of the molecule is CCOc1ccc(-c2n[nH]c(=S)n2CCC(=O)NCCOC)cc1. The molecule has 2 N–H and O–H groups in total. The number of methoxy groups -OCH3 is 1. The molecule has 0 spiro atoms. The highest BCUT2D eigenvalue weighted by molar-refractivity contribution is 7.71. The Morgan fingerprint density at radius 3 is 2.79 bits per heavy atom. The van der Waals surface area contributed by atoms with Crippen LogP contribution in [0.2, 0.25) is 0 Å². The fourth-order valence-corrected chi connectivity index (χ4v) is 2.43. The van der Waals surface area contributed by atoms with Crippen LogP contribution < -0.4 is 10.1 Å². The van der Waals surface area contributed by atoms with Crippen molar-refractivity contribution in [3.8, 4) is 17.1 Å². The van der Waals surface area contributed by atoms with Gasteiger partial charge in [0.2, 0.25) is 5.91 Å². The molecule has 0 aliphatic rings. The monoisotopic (exact) mass is 350 g/mol. The predicted octanol–water partition coefficient (Wildman–Crippen LogP) is 2.16. The summed E-state index contributed by atoms with van der Waals surface area (Å²) in [5, 5.41) is 9.84. The van der Waals surface area contributed by atoms with Crippen molar-refractivity contribution in [1.29, 1.82) is 0 Å². The molecule has 0 radical (unpaired) electrons. The van der Waals surface area contributed by atoms with E-state index in [1.807, 2.05) is 35.8 Å². The lowest BCUT2D eigenvalue weighted by molar-refractivity contribution is -0.121. The van der Waals surface area contributed by atoms with Gasteiger partial charge in [-0.3, -0.25) is 14.5 Å². The van der Waals surface area contributed by atoms with Gasteiger partial charge in [0.25, 0.3) is 0 Å². The van der Waals surface area contributed by atoms with E-state index in [4.69, 9.17) is 21.7 Å². The van der Waals surface area contributed by atoms with Crippen LogP contribution in [0, 0.1) is 4.77 Å². The molecule has 7 nitrogen and oxygen atoms in total. The first-order valence-electron chi connectivity index (χ1n) is 7.79. The van der Waals surface area contributed by atoms with E-state index in [1.165, 1.54) is 0 Å². The lowest BCUT2D eigenvalue weighted by atomic mass is 10.2. The van der Waals surface area contributed by atoms with Crippen molar-refractivity contribution >= 4 is 18.1 Å². The molecule has 24 heavy (non-hydrogen) atoms. The third-order valence-corrected chi connectivity index (χ3v) is 3.68. The highest BCUT2D eigenvalue weighted by Crippen LogP contribution is 2.21. The zero-order chi connectivity index (χ0) is 17.4. The number of benzene rings is 1. The van der Waals surface area contributed by atoms with Crippen molar-refractivity contribution in [1.82, 2.24) is 20.1 Å². The number of nitrogens with one attached hydrogen (secondary N) is 2. The zero-order valence-corrected chi connectivity index (χ0v) is 14.7. The van der Waals surface area contributed by atoms with E-state index in [0.29, 0.717) is 43.3 Å². The summed E-state index contributed by atoms with van der Waals surface area (Å²) in [6.45, 7) is 4.01. The molecule has 2 rings (SSSR count). The predicted molar refractivity (Wildman–Crippen MR) is 93.5 cm³/mol. The number of nitrogens with zero attached hydrogens (tertiary/aromatic N) is 2. The van der Waals surface area contributed by atoms with Gasteiger partial charge in [0, 0.05) is 32.2 Å². The summed E-state index contributed by atoms with van der Waals surface area (Å²) in [6.07, 6.45) is 0.321. The van der Waals surface area contributed by atoms with Crippen molar-refractivity contribution in [2.75, 3.05) is 26.9 Å². The minimum absolute atomic E-state index is 0.0483. The molecule has 1 amide bonds. The Bertz CT molecular complexity index is 709. The second-order valence-electron chi connectivity index (χ2n) is 5.05. The molecule has 0 saturated heterocycles. The van der Waals surface area contributed by atoms with Crippen LogP contribution >= 0.6 is 12.2 Å². The summed E-state index contributed by atoms with van der Waals surface area (Å²) in [7, 11) is 1.60. The molecule has 0 bridgehead atoms. The standard InChI is InChI=1S/C16H22N4O3S/c1-3-23-13-6-4-12(5-7-13)15-18-19-16(24)20(15)10-8-14(21)17-9-11-22-2/h4-7H,3,8-11H2,1-2H3,(H,17,21)(H,19,24). The van der Waals surface area contributed by atoms with Crippen LogP contribution in [0.15, 0.2) is 24.3 Å². The van der Waals surface area contributed by atoms with E-state index >= 15 is 0 Å². The zero-order valence-electron chi connectivity index (χ0n) is 13.9. The van der Waals surface area contributed by atoms with Gasteiger partial charge in [-0.05, 0) is 43.4 Å². The normalized spacial score (nSPS) is 10.6. The van der Waals surface area contributed by atoms with Gasteiger partial charge in [-0.25, -0.2) is 0 Å². The van der Waals surface area contributed by atoms with Crippen molar-refractivity contribution in [2.45, 2.75) is 19.9 Å². The van der Waals surface area contributed by atoms with Gasteiger partial charge in [-0.1, -0.05) is 0 Å². The fourth-order valence-electron chi connectivity index (χ4n) is 2.21. The van der Waals surface area contributed by atoms with Crippen LogP contribution in [0.1, 0.15) is 13.3 Å². The van der Waals surface area contributed by atoms with Gasteiger partial charge in [-0.2, -0.15) is 5.10 Å². The Morgan fingerprint density at radius 1 is 1.38 bits per heavy atom. The van der Waals surface area contributed by atoms with Crippen LogP contribution in [-0.2, 0) is 16.1 Å². The molecule has 2 aromatic rings. The Hall–Kier alpha value is -2.19. The third-order valence-electron chi connectivity index (χ3n) is 3.37. The highest BCUT2D eigenvalue weighted by atomic mass is 32.1. The van der Waals surface area contributed by atoms with Gasteiger partial charge >= 0.3 is 0 Å². The van der Waals surface area contributed by atoms with E-state index in [1.54, 1.807) is 7.11 Å². The van der Waals surface area contributed by atoms with Crippen LogP contribution in [0.5, 0.6) is 5.75 Å². The molecule has 0 unspecified atom stereocenters. The van der Waals surface area contributed by atoms with E-state index in [-0.39, 0.29) is 5.91 Å². The summed E-state index contributed by atoms with van der Waals surface area (Å²) < 4.78 is 12.7. The molecule has 0 saturated carbocycles. The van der Waals surface area contributed by atoms with Gasteiger partial charge in [-0.15, -0.1) is 0 Å². The number of hydrogen-bond acceptors (Lipinski definition) is 5. The van der Waals surface area contributed by atoms with Crippen molar-refractivity contribution in [2.24, 2.45) is 0 Å². The minimum atomic E-state index is -0.0483. The van der Waals surface area contributed by atoms with Crippen molar-refractivity contribution in [3.05, 3.63) is 29.0 Å². The Kier molecular flexibility index (Phi) is 6.95. The quantitative estimate of drug-likeness (QED) is 0.535. The molecule has 0 atom stereocenters. The second-order valence-corrected chi connectivity index (χ2v) is 5.44. The number of rotatable bonds is 9. The molecule has 0 fully saturated rings. The Morgan fingerprint density at radius 2 is 2.12 bits per heavy atom. The number of aromatic nitrogens is 3. The van der Waals surface area contributed by atoms with E-state index < -0.39 is 0 Å². The van der Waals surface area contributed by atoms with Gasteiger partial charge in [0.05, 0.1) is 13.2 Å². The molecular formula is C16H22N4O3S. The first-order valence-corrected chi connectivity index (χ1v) is 8.20. The number of carbonyl (C=O) groups is 1. The molecule has 130 valence electrons. The van der Waals surface area contributed by atoms with Crippen LogP contribution in [0.25, 0.3) is 11.4 Å². The van der Waals surface area contributed by atoms with Crippen LogP contribution in [0.4, 0.5) is 0 Å². The Labute approximate surface area is 146 Å². The van der Waals surface area contributed by atoms with Crippen LogP contribution in [-0.4, -0.2) is 47.5 Å². The first-order chi connectivity index (χ1) is 11.7. The molecule has 0 aliphatic heterocycles. The second kappa shape index (κ2) is 9.19. The Balaban J connectivity index is 2.05. The van der Waals surface area contributed by atoms with Gasteiger partial charge in [0.15, 0.2) is 10.6 Å². The minimum Gasteiger partial charge on any atom is -0.494 e. The molecular weight excluding hydrogens is 328 g/mol. The summed E-state index contributed by atoms with van der Waals surface area (Å²) >= 11 is 5.27. The summed E-state index contributed by atoms with van der Waals surface area (Å²) in [6, 6.07) is 7.62. The summed E-state index contributed by atoms with van der Waals surface area (Å²) in [5.41, 5.74) is 0.908. The average Bonchev–Trinajstić information content (AvgIpc) is 2.95. The largest absolute Gasteiger partial charge is 0.494 e. The van der Waals surface area contributed by atoms with Crippen molar-refractivity contribution in [3.63, 3.8) is 0 Å². The first kappa shape index (κ1) is 18.2. The fraction of sp³-hybridized carbons (Fsp3) is 0.438. The third kappa shape index (κ3) is 4.90. The lowest BCUT2D eigenvalue weighted by Crippen LogP contribution is -2.27. The number of carbonyl (C=O) groups excluding carboxylic acids is 1. The highest BCUT2D eigenvalue weighted by Gasteiger charge is 2.10. The maximum Gasteiger partial charge on any atom is 0.221 e. The molecule has 1 aromatic carbocycles. The summed E-state index contributed by atoms with van der Waals surface area (Å²) in [5.74, 6) is 1.46. The summed E-state index contributed by atoms with van der Waals surface area (Å²) in [4.78, 5) is 11.8. The topological polar surface area (TPSA) is 81.2 Å². The van der Waals surface area contributed by atoms with E-state index in [0.717, 1.165) is 11.3 Å². The number of ether oxygens (including phenoxy) is 2. The van der Waals surface area contributed by atoms with Crippen LogP contribution in [0.3, 0.4) is 0 Å². The van der Waals surface area contributed by atoms with E-state index in [2.05, 4.69) is 15.5 Å². The lowest BCUT2D eigenvalue weighted by Gasteiger charge is -2.08. The molecule has 0 aliphatic carbocycles. The van der Waals surface area contributed by atoms with Crippen molar-refractivity contribution < 1.29 is 14.3 Å². The molecule has 8 heteroatoms. The number of H-pyrrole nitrogens is 1. The number of aromatic amines is 1. The average molecular weight is 350 g/mol. The molecule has 1 heterocycles. The maximum atomic E-state index is 11.8. The van der Waals surface area contributed by atoms with Gasteiger partial charge in [0.1, 0.15) is 5.75 Å². The van der Waals surface area contributed by atoms with E-state index in [9.17, 15) is 4.79 Å². The number of amides is 1. The molecule has 1 aromatic heterocycles. The smallest absolute Gasteiger partial charge is 0.221 e. The van der Waals surface area contributed by atoms with Gasteiger partial charge < -0.3 is 14.8 Å². The number of hydrogen-bond donors (Lipinski definition) is 2. The maximum absolute atomic E-state index is 11.8.